The molecule has 0 radical (unpaired) electrons. The molecule has 3 aromatic rings. The van der Waals surface area contributed by atoms with Gasteiger partial charge < -0.3 is 5.11 Å². The maximum absolute atomic E-state index is 12.1. The van der Waals surface area contributed by atoms with Crippen molar-refractivity contribution in [3.8, 4) is 5.75 Å². The van der Waals surface area contributed by atoms with Crippen LogP contribution in [0.2, 0.25) is 5.02 Å². The average molecular weight is 434 g/mol. The fourth-order valence-corrected chi connectivity index (χ4v) is 2.87. The lowest BCUT2D eigenvalue weighted by Crippen LogP contribution is -2.18. The largest absolute Gasteiger partial charge is 0.507 e. The van der Waals surface area contributed by atoms with Crippen LogP contribution in [-0.4, -0.2) is 27.0 Å². The summed E-state index contributed by atoms with van der Waals surface area (Å²) in [4.78, 5) is 12.1. The number of hydrogen-bond acceptors (Lipinski definition) is 4. The van der Waals surface area contributed by atoms with Crippen LogP contribution in [0.1, 0.15) is 21.6 Å². The molecule has 26 heavy (non-hydrogen) atoms. The standard InChI is InChI=1S/C18H14BrClN4O2/c19-14-3-1-2-12(8-14)11-24-7-6-16(23-24)18(26)22-21-10-13-9-15(20)4-5-17(13)25/h1-10,25H,11H2,(H,22,26)/b21-10+. The van der Waals surface area contributed by atoms with E-state index in [2.05, 4.69) is 31.6 Å². The Morgan fingerprint density at radius 1 is 1.31 bits per heavy atom. The first kappa shape index (κ1) is 18.2. The quantitative estimate of drug-likeness (QED) is 0.474. The first-order chi connectivity index (χ1) is 12.5. The van der Waals surface area contributed by atoms with Crippen LogP contribution in [0, 0.1) is 0 Å². The third kappa shape index (κ3) is 4.71. The summed E-state index contributed by atoms with van der Waals surface area (Å²) in [6.45, 7) is 0.548. The second kappa shape index (κ2) is 8.16. The predicted octanol–water partition coefficient (Wildman–Crippen LogP) is 3.82. The minimum atomic E-state index is -0.448. The molecule has 0 atom stereocenters. The highest BCUT2D eigenvalue weighted by Gasteiger charge is 2.09. The minimum Gasteiger partial charge on any atom is -0.507 e. The molecule has 0 bridgehead atoms. The third-order valence-corrected chi connectivity index (χ3v) is 4.19. The molecule has 3 rings (SSSR count). The Kier molecular flexibility index (Phi) is 5.70. The van der Waals surface area contributed by atoms with Crippen LogP contribution in [0.4, 0.5) is 0 Å². The fourth-order valence-electron chi connectivity index (χ4n) is 2.24. The van der Waals surface area contributed by atoms with Gasteiger partial charge in [0, 0.05) is 21.3 Å². The molecule has 2 aromatic carbocycles. The summed E-state index contributed by atoms with van der Waals surface area (Å²) in [6.07, 6.45) is 3.04. The zero-order valence-electron chi connectivity index (χ0n) is 13.4. The number of nitrogens with one attached hydrogen (secondary N) is 1. The number of amides is 1. The molecular weight excluding hydrogens is 420 g/mol. The lowest BCUT2D eigenvalue weighted by molar-refractivity contribution is 0.0949. The van der Waals surface area contributed by atoms with Crippen molar-refractivity contribution in [2.45, 2.75) is 6.54 Å². The molecule has 0 fully saturated rings. The van der Waals surface area contributed by atoms with E-state index in [1.54, 1.807) is 29.1 Å². The van der Waals surface area contributed by atoms with Crippen molar-refractivity contribution in [1.82, 2.24) is 15.2 Å². The third-order valence-electron chi connectivity index (χ3n) is 3.47. The molecule has 6 nitrogen and oxygen atoms in total. The van der Waals surface area contributed by atoms with Crippen molar-refractivity contribution < 1.29 is 9.90 Å². The number of hydrogen-bond donors (Lipinski definition) is 2. The minimum absolute atomic E-state index is 0.0192. The molecule has 0 saturated carbocycles. The molecule has 1 heterocycles. The van der Waals surface area contributed by atoms with Crippen LogP contribution >= 0.6 is 27.5 Å². The Morgan fingerprint density at radius 2 is 2.15 bits per heavy atom. The van der Waals surface area contributed by atoms with Crippen molar-refractivity contribution in [2.24, 2.45) is 5.10 Å². The van der Waals surface area contributed by atoms with Gasteiger partial charge in [-0.3, -0.25) is 9.48 Å². The van der Waals surface area contributed by atoms with E-state index >= 15 is 0 Å². The van der Waals surface area contributed by atoms with Gasteiger partial charge in [0.05, 0.1) is 12.8 Å². The molecule has 0 saturated heterocycles. The zero-order chi connectivity index (χ0) is 18.5. The van der Waals surface area contributed by atoms with Crippen molar-refractivity contribution in [1.29, 1.82) is 0 Å². The Morgan fingerprint density at radius 3 is 2.96 bits per heavy atom. The molecule has 0 aliphatic rings. The van der Waals surface area contributed by atoms with E-state index in [-0.39, 0.29) is 11.4 Å². The van der Waals surface area contributed by atoms with Crippen LogP contribution in [0.3, 0.4) is 0 Å². The Balaban J connectivity index is 1.63. The summed E-state index contributed by atoms with van der Waals surface area (Å²) < 4.78 is 2.65. The lowest BCUT2D eigenvalue weighted by Gasteiger charge is -2.02. The number of carbonyl (C=O) groups excluding carboxylic acids is 1. The molecule has 1 aromatic heterocycles. The number of hydrazone groups is 1. The molecule has 0 spiro atoms. The summed E-state index contributed by atoms with van der Waals surface area (Å²) in [5.74, 6) is -0.429. The van der Waals surface area contributed by atoms with Crippen LogP contribution < -0.4 is 5.43 Å². The number of rotatable bonds is 5. The highest BCUT2D eigenvalue weighted by molar-refractivity contribution is 9.10. The predicted molar refractivity (Wildman–Crippen MR) is 104 cm³/mol. The smallest absolute Gasteiger partial charge is 0.291 e. The Labute approximate surface area is 163 Å². The van der Waals surface area contributed by atoms with Gasteiger partial charge in [-0.2, -0.15) is 10.2 Å². The summed E-state index contributed by atoms with van der Waals surface area (Å²) in [5, 5.41) is 18.2. The van der Waals surface area contributed by atoms with Gasteiger partial charge in [0.15, 0.2) is 5.69 Å². The highest BCUT2D eigenvalue weighted by atomic mass is 79.9. The van der Waals surface area contributed by atoms with Crippen molar-refractivity contribution >= 4 is 39.7 Å². The van der Waals surface area contributed by atoms with Crippen LogP contribution in [-0.2, 0) is 6.54 Å². The number of phenolic OH excluding ortho intramolecular Hbond substituents is 1. The maximum Gasteiger partial charge on any atom is 0.291 e. The molecule has 2 N–H and O–H groups in total. The van der Waals surface area contributed by atoms with Gasteiger partial charge in [0.2, 0.25) is 0 Å². The zero-order valence-corrected chi connectivity index (χ0v) is 15.8. The summed E-state index contributed by atoms with van der Waals surface area (Å²) in [5.41, 5.74) is 4.08. The fraction of sp³-hybridized carbons (Fsp3) is 0.0556. The van der Waals surface area contributed by atoms with E-state index in [1.807, 2.05) is 24.3 Å². The van der Waals surface area contributed by atoms with E-state index < -0.39 is 5.91 Å². The van der Waals surface area contributed by atoms with Gasteiger partial charge >= 0.3 is 0 Å². The number of benzene rings is 2. The first-order valence-corrected chi connectivity index (χ1v) is 8.78. The second-order valence-corrected chi connectivity index (χ2v) is 6.78. The van der Waals surface area contributed by atoms with Gasteiger partial charge in [0.1, 0.15) is 5.75 Å². The van der Waals surface area contributed by atoms with Crippen molar-refractivity contribution in [3.63, 3.8) is 0 Å². The van der Waals surface area contributed by atoms with Crippen LogP contribution in [0.15, 0.2) is 64.3 Å². The van der Waals surface area contributed by atoms with Crippen LogP contribution in [0.25, 0.3) is 0 Å². The Bertz CT molecular complexity index is 971. The van der Waals surface area contributed by atoms with E-state index in [1.165, 1.54) is 12.3 Å². The SMILES string of the molecule is O=C(N/N=C/c1cc(Cl)ccc1O)c1ccn(Cc2cccc(Br)c2)n1. The topological polar surface area (TPSA) is 79.5 Å². The van der Waals surface area contributed by atoms with Gasteiger partial charge in [-0.15, -0.1) is 0 Å². The summed E-state index contributed by atoms with van der Waals surface area (Å²) >= 11 is 9.28. The van der Waals surface area contributed by atoms with Crippen LogP contribution in [0.5, 0.6) is 5.75 Å². The number of aromatic nitrogens is 2. The highest BCUT2D eigenvalue weighted by Crippen LogP contribution is 2.19. The van der Waals surface area contributed by atoms with Crippen molar-refractivity contribution in [3.05, 3.63) is 81.0 Å². The van der Waals surface area contributed by atoms with E-state index in [0.29, 0.717) is 17.1 Å². The number of phenols is 1. The molecule has 8 heteroatoms. The monoisotopic (exact) mass is 432 g/mol. The second-order valence-electron chi connectivity index (χ2n) is 5.43. The first-order valence-electron chi connectivity index (χ1n) is 7.61. The molecule has 0 aliphatic carbocycles. The summed E-state index contributed by atoms with van der Waals surface area (Å²) in [7, 11) is 0. The molecular formula is C18H14BrClN4O2. The molecule has 0 aliphatic heterocycles. The number of halogens is 2. The molecule has 132 valence electrons. The summed E-state index contributed by atoms with van der Waals surface area (Å²) in [6, 6.07) is 14.0. The van der Waals surface area contributed by atoms with Gasteiger partial charge in [-0.25, -0.2) is 5.43 Å². The van der Waals surface area contributed by atoms with Gasteiger partial charge in [-0.05, 0) is 42.0 Å². The number of carbonyl (C=O) groups is 1. The molecule has 0 unspecified atom stereocenters. The lowest BCUT2D eigenvalue weighted by atomic mass is 10.2. The average Bonchev–Trinajstić information content (AvgIpc) is 3.06. The maximum atomic E-state index is 12.1. The van der Waals surface area contributed by atoms with Crippen molar-refractivity contribution in [2.75, 3.05) is 0 Å². The number of nitrogens with zero attached hydrogens (tertiary/aromatic N) is 3. The van der Waals surface area contributed by atoms with Gasteiger partial charge in [-0.1, -0.05) is 39.7 Å². The number of aromatic hydroxyl groups is 1. The van der Waals surface area contributed by atoms with E-state index in [0.717, 1.165) is 10.0 Å². The molecule has 1 amide bonds. The van der Waals surface area contributed by atoms with Gasteiger partial charge in [0.25, 0.3) is 5.91 Å². The van der Waals surface area contributed by atoms with E-state index in [9.17, 15) is 9.90 Å². The normalized spacial score (nSPS) is 11.0. The van der Waals surface area contributed by atoms with E-state index in [4.69, 9.17) is 11.6 Å². The Hall–Kier alpha value is -2.64.